The number of esters is 1. The molecule has 0 spiro atoms. The first kappa shape index (κ1) is 11.7. The number of nitriles is 1. The lowest BCUT2D eigenvalue weighted by atomic mass is 10.3. The molecule has 0 aliphatic heterocycles. The standard InChI is InChI=1S/C9H13NO3/c1-5-12-9(3,4)13-8(11)7(2)6-10/h2,5H2,1,3-4H3. The molecule has 72 valence electrons. The van der Waals surface area contributed by atoms with Crippen molar-refractivity contribution in [1.29, 1.82) is 5.26 Å². The van der Waals surface area contributed by atoms with Crippen LogP contribution in [-0.2, 0) is 14.3 Å². The number of ether oxygens (including phenoxy) is 2. The quantitative estimate of drug-likeness (QED) is 0.286. The van der Waals surface area contributed by atoms with Crippen LogP contribution in [0, 0.1) is 11.3 Å². The van der Waals surface area contributed by atoms with Gasteiger partial charge in [0.05, 0.1) is 0 Å². The third-order valence-electron chi connectivity index (χ3n) is 1.21. The fourth-order valence-corrected chi connectivity index (χ4v) is 0.708. The second-order valence-corrected chi connectivity index (χ2v) is 2.81. The highest BCUT2D eigenvalue weighted by atomic mass is 16.7. The summed E-state index contributed by atoms with van der Waals surface area (Å²) in [6, 6.07) is 1.60. The van der Waals surface area contributed by atoms with Crippen LogP contribution in [0.2, 0.25) is 0 Å². The molecule has 4 heteroatoms. The van der Waals surface area contributed by atoms with Gasteiger partial charge in [0.25, 0.3) is 0 Å². The fourth-order valence-electron chi connectivity index (χ4n) is 0.708. The Morgan fingerprint density at radius 3 is 2.54 bits per heavy atom. The molecule has 0 aromatic carbocycles. The maximum Gasteiger partial charge on any atom is 0.350 e. The van der Waals surface area contributed by atoms with E-state index in [9.17, 15) is 4.79 Å². The van der Waals surface area contributed by atoms with Crippen LogP contribution < -0.4 is 0 Å². The van der Waals surface area contributed by atoms with E-state index in [0.717, 1.165) is 0 Å². The molecule has 0 heterocycles. The van der Waals surface area contributed by atoms with Gasteiger partial charge in [0.2, 0.25) is 5.79 Å². The first-order valence-electron chi connectivity index (χ1n) is 3.89. The molecule has 0 radical (unpaired) electrons. The Morgan fingerprint density at radius 2 is 2.15 bits per heavy atom. The maximum atomic E-state index is 11.0. The smallest absolute Gasteiger partial charge is 0.350 e. The van der Waals surface area contributed by atoms with Crippen LogP contribution in [0.1, 0.15) is 20.8 Å². The largest absolute Gasteiger partial charge is 0.430 e. The van der Waals surface area contributed by atoms with Gasteiger partial charge in [-0.05, 0) is 6.92 Å². The summed E-state index contributed by atoms with van der Waals surface area (Å²) >= 11 is 0. The van der Waals surface area contributed by atoms with Crippen molar-refractivity contribution in [3.63, 3.8) is 0 Å². The van der Waals surface area contributed by atoms with Crippen molar-refractivity contribution in [2.75, 3.05) is 6.61 Å². The summed E-state index contributed by atoms with van der Waals surface area (Å²) in [6.45, 7) is 8.64. The number of carbonyl (C=O) groups is 1. The van der Waals surface area contributed by atoms with E-state index < -0.39 is 11.8 Å². The van der Waals surface area contributed by atoms with E-state index in [1.807, 2.05) is 0 Å². The van der Waals surface area contributed by atoms with Gasteiger partial charge in [-0.15, -0.1) is 0 Å². The summed E-state index contributed by atoms with van der Waals surface area (Å²) < 4.78 is 9.95. The Labute approximate surface area is 77.8 Å². The molecule has 0 aromatic rings. The van der Waals surface area contributed by atoms with Crippen LogP contribution in [0.15, 0.2) is 12.2 Å². The van der Waals surface area contributed by atoms with Crippen LogP contribution >= 0.6 is 0 Å². The molecule has 0 aliphatic carbocycles. The molecule has 0 saturated heterocycles. The Bertz CT molecular complexity index is 250. The lowest BCUT2D eigenvalue weighted by molar-refractivity contribution is -0.209. The minimum atomic E-state index is -1.01. The third-order valence-corrected chi connectivity index (χ3v) is 1.21. The van der Waals surface area contributed by atoms with Gasteiger partial charge in [-0.3, -0.25) is 0 Å². The van der Waals surface area contributed by atoms with Crippen LogP contribution in [0.3, 0.4) is 0 Å². The molecule has 0 amide bonds. The lowest BCUT2D eigenvalue weighted by Gasteiger charge is -2.24. The zero-order valence-electron chi connectivity index (χ0n) is 8.09. The lowest BCUT2D eigenvalue weighted by Crippen LogP contribution is -2.31. The van der Waals surface area contributed by atoms with Gasteiger partial charge in [-0.25, -0.2) is 4.79 Å². The SMILES string of the molecule is C=C(C#N)C(=O)OC(C)(C)OCC. The minimum Gasteiger partial charge on any atom is -0.430 e. The zero-order chi connectivity index (χ0) is 10.5. The number of carbonyl (C=O) groups excluding carboxylic acids is 1. The van der Waals surface area contributed by atoms with Crippen molar-refractivity contribution in [2.45, 2.75) is 26.6 Å². The second kappa shape index (κ2) is 4.63. The average Bonchev–Trinajstić information content (AvgIpc) is 2.01. The monoisotopic (exact) mass is 183 g/mol. The molecule has 0 bridgehead atoms. The number of hydrogen-bond acceptors (Lipinski definition) is 4. The zero-order valence-corrected chi connectivity index (χ0v) is 8.09. The van der Waals surface area contributed by atoms with Crippen LogP contribution in [0.25, 0.3) is 0 Å². The molecule has 13 heavy (non-hydrogen) atoms. The van der Waals surface area contributed by atoms with Crippen molar-refractivity contribution in [3.05, 3.63) is 12.2 Å². The van der Waals surface area contributed by atoms with Gasteiger partial charge < -0.3 is 9.47 Å². The van der Waals surface area contributed by atoms with Gasteiger partial charge in [-0.2, -0.15) is 5.26 Å². The average molecular weight is 183 g/mol. The number of rotatable bonds is 4. The van der Waals surface area contributed by atoms with E-state index >= 15 is 0 Å². The van der Waals surface area contributed by atoms with E-state index in [-0.39, 0.29) is 5.57 Å². The van der Waals surface area contributed by atoms with Gasteiger partial charge >= 0.3 is 5.97 Å². The van der Waals surface area contributed by atoms with Crippen LogP contribution in [-0.4, -0.2) is 18.4 Å². The van der Waals surface area contributed by atoms with Crippen molar-refractivity contribution in [1.82, 2.24) is 0 Å². The highest BCUT2D eigenvalue weighted by molar-refractivity contribution is 5.92. The van der Waals surface area contributed by atoms with Crippen molar-refractivity contribution in [3.8, 4) is 6.07 Å². The topological polar surface area (TPSA) is 59.3 Å². The van der Waals surface area contributed by atoms with Crippen LogP contribution in [0.4, 0.5) is 0 Å². The summed E-state index contributed by atoms with van der Waals surface area (Å²) in [6.07, 6.45) is 0. The van der Waals surface area contributed by atoms with Crippen molar-refractivity contribution in [2.24, 2.45) is 0 Å². The summed E-state index contributed by atoms with van der Waals surface area (Å²) in [5.41, 5.74) is -0.229. The van der Waals surface area contributed by atoms with Gasteiger partial charge in [-0.1, -0.05) is 6.58 Å². The first-order valence-corrected chi connectivity index (χ1v) is 3.89. The molecule has 0 unspecified atom stereocenters. The molecule has 0 rings (SSSR count). The molecule has 0 N–H and O–H groups in total. The highest BCUT2D eigenvalue weighted by Gasteiger charge is 2.24. The van der Waals surface area contributed by atoms with E-state index in [0.29, 0.717) is 6.61 Å². The minimum absolute atomic E-state index is 0.229. The predicted octanol–water partition coefficient (Wildman–Crippen LogP) is 1.38. The van der Waals surface area contributed by atoms with E-state index in [4.69, 9.17) is 14.7 Å². The molecule has 0 aliphatic rings. The highest BCUT2D eigenvalue weighted by Crippen LogP contribution is 2.12. The Kier molecular flexibility index (Phi) is 4.15. The molecule has 0 saturated carbocycles. The van der Waals surface area contributed by atoms with Crippen LogP contribution in [0.5, 0.6) is 0 Å². The molecule has 0 atom stereocenters. The maximum absolute atomic E-state index is 11.0. The Balaban J connectivity index is 4.21. The fraction of sp³-hybridized carbons (Fsp3) is 0.556. The molecular formula is C9H13NO3. The molecular weight excluding hydrogens is 170 g/mol. The third kappa shape index (κ3) is 4.28. The van der Waals surface area contributed by atoms with Gasteiger partial charge in [0, 0.05) is 20.5 Å². The van der Waals surface area contributed by atoms with Crippen molar-refractivity contribution >= 4 is 5.97 Å². The normalized spacial score (nSPS) is 10.3. The van der Waals surface area contributed by atoms with Gasteiger partial charge in [0.1, 0.15) is 11.6 Å². The Hall–Kier alpha value is -1.34. The summed E-state index contributed by atoms with van der Waals surface area (Å²) in [7, 11) is 0. The molecule has 4 nitrogen and oxygen atoms in total. The van der Waals surface area contributed by atoms with E-state index in [1.165, 1.54) is 0 Å². The molecule has 0 aromatic heterocycles. The summed E-state index contributed by atoms with van der Waals surface area (Å²) in [4.78, 5) is 11.0. The Morgan fingerprint density at radius 1 is 1.62 bits per heavy atom. The second-order valence-electron chi connectivity index (χ2n) is 2.81. The van der Waals surface area contributed by atoms with Crippen molar-refractivity contribution < 1.29 is 14.3 Å². The van der Waals surface area contributed by atoms with E-state index in [1.54, 1.807) is 26.8 Å². The predicted molar refractivity (Wildman–Crippen MR) is 46.6 cm³/mol. The summed E-state index contributed by atoms with van der Waals surface area (Å²) in [5, 5.41) is 8.34. The number of hydrogen-bond donors (Lipinski definition) is 0. The number of nitrogens with zero attached hydrogens (tertiary/aromatic N) is 1. The summed E-state index contributed by atoms with van der Waals surface area (Å²) in [5.74, 6) is -1.76. The van der Waals surface area contributed by atoms with Gasteiger partial charge in [0.15, 0.2) is 0 Å². The molecule has 0 fully saturated rings. The van der Waals surface area contributed by atoms with E-state index in [2.05, 4.69) is 6.58 Å². The first-order chi connectivity index (χ1) is 5.93.